The molecule has 1 aliphatic heterocycles. The summed E-state index contributed by atoms with van der Waals surface area (Å²) < 4.78 is 56.8. The number of ketones is 1. The molecule has 4 rings (SSSR count). The van der Waals surface area contributed by atoms with E-state index in [2.05, 4.69) is 28.6 Å². The van der Waals surface area contributed by atoms with Gasteiger partial charge in [-0.15, -0.1) is 21.5 Å². The number of fused-ring (bicyclic) bond motifs is 3. The number of nitrogens with zero attached hydrogens (tertiary/aromatic N) is 4. The Kier molecular flexibility index (Phi) is 25.5. The minimum Gasteiger partial charge on any atom is -0.481 e. The molecular weight excluding hydrogens is 848 g/mol. The number of rotatable bonds is 37. The van der Waals surface area contributed by atoms with Gasteiger partial charge in [-0.2, -0.15) is 0 Å². The quantitative estimate of drug-likeness (QED) is 0.0745. The average molecular weight is 912 g/mol. The number of thiophene rings is 1. The maximum absolute atomic E-state index is 13.3. The number of Topliss-reactive ketones (excluding diaryl/α,β-unsaturated/α-hetero) is 1. The standard InChI is InChI=1S/C43H63ClN4O13S/c1-32-33(2)62-43-40(32)41(35-6-8-36(44)9-7-35)45-38(42-47-46-34(3)48(42)43)31-37(49)5-4-11-52-13-15-54-17-19-56-21-23-58-25-27-60-29-30-61-28-26-59-24-22-57-20-18-55-16-14-53-12-10-39(50)51/h6-9,38H,4-5,10-31H2,1-3H3,(H,50,51)/t38-/m0/s1. The summed E-state index contributed by atoms with van der Waals surface area (Å²) in [5.41, 5.74) is 3.97. The molecule has 3 aromatic rings. The molecule has 1 atom stereocenters. The first-order valence-corrected chi connectivity index (χ1v) is 22.3. The van der Waals surface area contributed by atoms with Crippen LogP contribution in [0.2, 0.25) is 5.02 Å². The Hall–Kier alpha value is -3.24. The molecule has 19 heteroatoms. The predicted molar refractivity (Wildman–Crippen MR) is 233 cm³/mol. The lowest BCUT2D eigenvalue weighted by atomic mass is 9.99. The van der Waals surface area contributed by atoms with Gasteiger partial charge < -0.3 is 52.5 Å². The number of hydrogen-bond donors (Lipinski definition) is 1. The second kappa shape index (κ2) is 30.8. The number of benzene rings is 1. The van der Waals surface area contributed by atoms with Gasteiger partial charge in [0.25, 0.3) is 0 Å². The van der Waals surface area contributed by atoms with Crippen molar-refractivity contribution < 1.29 is 62.1 Å². The summed E-state index contributed by atoms with van der Waals surface area (Å²) in [5, 5.41) is 19.1. The lowest BCUT2D eigenvalue weighted by Gasteiger charge is -2.12. The highest BCUT2D eigenvalue weighted by molar-refractivity contribution is 7.15. The number of aromatic nitrogens is 3. The van der Waals surface area contributed by atoms with Crippen molar-refractivity contribution in [3.05, 3.63) is 62.5 Å². The van der Waals surface area contributed by atoms with Crippen molar-refractivity contribution in [2.24, 2.45) is 4.99 Å². The highest BCUT2D eigenvalue weighted by Gasteiger charge is 2.32. The van der Waals surface area contributed by atoms with Crippen molar-refractivity contribution in [3.63, 3.8) is 0 Å². The molecule has 0 unspecified atom stereocenters. The van der Waals surface area contributed by atoms with Crippen LogP contribution in [0.15, 0.2) is 29.3 Å². The fraction of sp³-hybridized carbons (Fsp3) is 0.651. The molecule has 1 aliphatic rings. The lowest BCUT2D eigenvalue weighted by molar-refractivity contribution is -0.138. The molecule has 0 spiro atoms. The molecule has 0 radical (unpaired) electrons. The summed E-state index contributed by atoms with van der Waals surface area (Å²) in [6.45, 7) is 14.9. The van der Waals surface area contributed by atoms with Crippen LogP contribution in [0.1, 0.15) is 64.9 Å². The summed E-state index contributed by atoms with van der Waals surface area (Å²) in [6, 6.07) is 7.19. The average Bonchev–Trinajstić information content (AvgIpc) is 3.73. The van der Waals surface area contributed by atoms with Crippen LogP contribution in [-0.2, 0) is 57.0 Å². The number of ether oxygens (including phenoxy) is 10. The molecule has 62 heavy (non-hydrogen) atoms. The number of carbonyl (C=O) groups is 2. The second-order valence-electron chi connectivity index (χ2n) is 14.0. The summed E-state index contributed by atoms with van der Waals surface area (Å²) in [4.78, 5) is 30.0. The van der Waals surface area contributed by atoms with Crippen molar-refractivity contribution in [1.29, 1.82) is 0 Å². The van der Waals surface area contributed by atoms with Crippen LogP contribution in [-0.4, -0.2) is 169 Å². The monoisotopic (exact) mass is 910 g/mol. The van der Waals surface area contributed by atoms with E-state index >= 15 is 0 Å². The van der Waals surface area contributed by atoms with E-state index in [0.29, 0.717) is 149 Å². The maximum atomic E-state index is 13.3. The van der Waals surface area contributed by atoms with E-state index in [9.17, 15) is 9.59 Å². The van der Waals surface area contributed by atoms with Gasteiger partial charge >= 0.3 is 5.97 Å². The third-order valence-electron chi connectivity index (χ3n) is 9.33. The van der Waals surface area contributed by atoms with Crippen LogP contribution < -0.4 is 0 Å². The van der Waals surface area contributed by atoms with Crippen molar-refractivity contribution in [1.82, 2.24) is 14.8 Å². The SMILES string of the molecule is Cc1sc2c(c1C)C(c1ccc(Cl)cc1)=N[C@@H](CC(=O)CCCOCCOCCOCCOCCOCCOCCOCCOCCOCCOCCC(=O)O)c1nnc(C)n1-2. The van der Waals surface area contributed by atoms with E-state index in [1.54, 1.807) is 11.3 Å². The van der Waals surface area contributed by atoms with Gasteiger partial charge in [0, 0.05) is 40.5 Å². The molecule has 0 saturated carbocycles. The third kappa shape index (κ3) is 19.2. The van der Waals surface area contributed by atoms with Crippen molar-refractivity contribution in [2.45, 2.75) is 52.5 Å². The van der Waals surface area contributed by atoms with E-state index in [-0.39, 0.29) is 25.2 Å². The van der Waals surface area contributed by atoms with Gasteiger partial charge in [0.05, 0.1) is 138 Å². The number of aliphatic imine (C=N–C) groups is 1. The van der Waals surface area contributed by atoms with E-state index < -0.39 is 12.0 Å². The molecule has 0 fully saturated rings. The number of aryl methyl sites for hydroxylation is 2. The van der Waals surface area contributed by atoms with Crippen molar-refractivity contribution >= 4 is 40.4 Å². The molecule has 2 aromatic heterocycles. The number of carboxylic acid groups (broad SMARTS) is 1. The van der Waals surface area contributed by atoms with Gasteiger partial charge in [-0.3, -0.25) is 19.1 Å². The molecule has 0 bridgehead atoms. The van der Waals surface area contributed by atoms with Crippen LogP contribution in [0.5, 0.6) is 0 Å². The Morgan fingerprint density at radius 1 is 0.629 bits per heavy atom. The van der Waals surface area contributed by atoms with Crippen molar-refractivity contribution in [2.75, 3.05) is 132 Å². The summed E-state index contributed by atoms with van der Waals surface area (Å²) in [6.07, 6.45) is 1.19. The highest BCUT2D eigenvalue weighted by atomic mass is 35.5. The van der Waals surface area contributed by atoms with Gasteiger partial charge in [-0.1, -0.05) is 23.7 Å². The Bertz CT molecular complexity index is 1760. The number of hydrogen-bond acceptors (Lipinski definition) is 16. The van der Waals surface area contributed by atoms with E-state index in [1.165, 1.54) is 4.88 Å². The number of carboxylic acids is 1. The summed E-state index contributed by atoms with van der Waals surface area (Å²) in [5.74, 6) is 0.647. The summed E-state index contributed by atoms with van der Waals surface area (Å²) in [7, 11) is 0. The first-order valence-electron chi connectivity index (χ1n) is 21.1. The van der Waals surface area contributed by atoms with E-state index in [0.717, 1.165) is 33.2 Å². The molecule has 1 aromatic carbocycles. The molecular formula is C43H63ClN4O13S. The van der Waals surface area contributed by atoms with Crippen LogP contribution in [0.3, 0.4) is 0 Å². The Morgan fingerprint density at radius 2 is 1.06 bits per heavy atom. The van der Waals surface area contributed by atoms with Gasteiger partial charge in [-0.25, -0.2) is 0 Å². The minimum absolute atomic E-state index is 0.00985. The predicted octanol–water partition coefficient (Wildman–Crippen LogP) is 5.18. The zero-order chi connectivity index (χ0) is 44.2. The normalized spacial score (nSPS) is 13.5. The molecule has 346 valence electrons. The summed E-state index contributed by atoms with van der Waals surface area (Å²) >= 11 is 7.91. The van der Waals surface area contributed by atoms with Crippen LogP contribution in [0.25, 0.3) is 5.00 Å². The number of halogens is 1. The Balaban J connectivity index is 0.913. The first kappa shape index (κ1) is 51.4. The minimum atomic E-state index is -0.880. The van der Waals surface area contributed by atoms with Crippen LogP contribution >= 0.6 is 22.9 Å². The maximum Gasteiger partial charge on any atom is 0.305 e. The van der Waals surface area contributed by atoms with Gasteiger partial charge in [0.1, 0.15) is 22.7 Å². The lowest BCUT2D eigenvalue weighted by Crippen LogP contribution is -2.15. The van der Waals surface area contributed by atoms with Crippen molar-refractivity contribution in [3.8, 4) is 5.00 Å². The second-order valence-corrected chi connectivity index (χ2v) is 15.7. The number of carbonyl (C=O) groups excluding carboxylic acids is 1. The zero-order valence-electron chi connectivity index (χ0n) is 36.3. The van der Waals surface area contributed by atoms with Gasteiger partial charge in [-0.05, 0) is 44.9 Å². The van der Waals surface area contributed by atoms with E-state index in [1.807, 2.05) is 31.2 Å². The van der Waals surface area contributed by atoms with Gasteiger partial charge in [0.2, 0.25) is 0 Å². The Labute approximate surface area is 373 Å². The van der Waals surface area contributed by atoms with Gasteiger partial charge in [0.15, 0.2) is 5.82 Å². The highest BCUT2D eigenvalue weighted by Crippen LogP contribution is 2.39. The molecule has 1 N–H and O–H groups in total. The topological polar surface area (TPSA) is 190 Å². The molecule has 0 saturated heterocycles. The molecule has 0 amide bonds. The van der Waals surface area contributed by atoms with E-state index in [4.69, 9.17) is 69.1 Å². The fourth-order valence-corrected chi connectivity index (χ4v) is 7.40. The molecule has 0 aliphatic carbocycles. The van der Waals surface area contributed by atoms with Crippen LogP contribution in [0.4, 0.5) is 0 Å². The molecule has 3 heterocycles. The fourth-order valence-electron chi connectivity index (χ4n) is 6.06. The Morgan fingerprint density at radius 3 is 1.52 bits per heavy atom. The smallest absolute Gasteiger partial charge is 0.305 e. The van der Waals surface area contributed by atoms with Crippen LogP contribution in [0, 0.1) is 20.8 Å². The largest absolute Gasteiger partial charge is 0.481 e. The zero-order valence-corrected chi connectivity index (χ0v) is 37.9. The molecule has 17 nitrogen and oxygen atoms in total. The first-order chi connectivity index (χ1) is 30.3. The number of aliphatic carboxylic acids is 1. The third-order valence-corrected chi connectivity index (χ3v) is 10.8.